The van der Waals surface area contributed by atoms with Gasteiger partial charge in [0.05, 0.1) is 0 Å². The number of aromatic nitrogens is 1. The molecule has 3 rings (SSSR count). The van der Waals surface area contributed by atoms with Crippen LogP contribution >= 0.6 is 0 Å². The SMILES string of the molecule is Cc1cc(C)c2c(C)c(C3CCCNC3)[nH]c2c1. The summed E-state index contributed by atoms with van der Waals surface area (Å²) in [4.78, 5) is 3.68. The minimum absolute atomic E-state index is 0.658. The summed E-state index contributed by atoms with van der Waals surface area (Å²) in [5, 5.41) is 4.94. The van der Waals surface area contributed by atoms with Gasteiger partial charge in [-0.2, -0.15) is 0 Å². The minimum Gasteiger partial charge on any atom is -0.358 e. The standard InChI is InChI=1S/C16H22N2/c1-10-7-11(2)15-12(3)16(18-14(15)8-10)13-5-4-6-17-9-13/h7-8,13,17-18H,4-6,9H2,1-3H3. The predicted octanol–water partition coefficient (Wildman–Crippen LogP) is 3.56. The van der Waals surface area contributed by atoms with E-state index in [9.17, 15) is 0 Å². The van der Waals surface area contributed by atoms with Crippen molar-refractivity contribution in [2.75, 3.05) is 13.1 Å². The Balaban J connectivity index is 2.13. The molecule has 1 saturated heterocycles. The van der Waals surface area contributed by atoms with Gasteiger partial charge in [-0.3, -0.25) is 0 Å². The third-order valence-corrected chi connectivity index (χ3v) is 4.23. The van der Waals surface area contributed by atoms with Gasteiger partial charge in [0.2, 0.25) is 0 Å². The van der Waals surface area contributed by atoms with Gasteiger partial charge < -0.3 is 10.3 Å². The van der Waals surface area contributed by atoms with Crippen molar-refractivity contribution in [1.82, 2.24) is 10.3 Å². The van der Waals surface area contributed by atoms with E-state index < -0.39 is 0 Å². The number of hydrogen-bond acceptors (Lipinski definition) is 1. The Morgan fingerprint density at radius 2 is 2.00 bits per heavy atom. The first kappa shape index (κ1) is 11.8. The molecule has 1 fully saturated rings. The molecule has 2 heteroatoms. The molecule has 0 radical (unpaired) electrons. The molecule has 2 aromatic rings. The van der Waals surface area contributed by atoms with Gasteiger partial charge in [0.25, 0.3) is 0 Å². The zero-order valence-electron chi connectivity index (χ0n) is 11.6. The number of rotatable bonds is 1. The molecule has 18 heavy (non-hydrogen) atoms. The van der Waals surface area contributed by atoms with Crippen LogP contribution in [0.25, 0.3) is 10.9 Å². The first-order valence-corrected chi connectivity index (χ1v) is 6.97. The van der Waals surface area contributed by atoms with Crippen molar-refractivity contribution < 1.29 is 0 Å². The molecule has 96 valence electrons. The number of aryl methyl sites for hydroxylation is 3. The maximum absolute atomic E-state index is 3.68. The lowest BCUT2D eigenvalue weighted by atomic mass is 9.93. The molecule has 0 spiro atoms. The number of fused-ring (bicyclic) bond motifs is 1. The molecule has 2 nitrogen and oxygen atoms in total. The first-order valence-electron chi connectivity index (χ1n) is 6.97. The van der Waals surface area contributed by atoms with Crippen molar-refractivity contribution in [2.24, 2.45) is 0 Å². The topological polar surface area (TPSA) is 27.8 Å². The number of H-pyrrole nitrogens is 1. The van der Waals surface area contributed by atoms with Crippen LogP contribution in [0.2, 0.25) is 0 Å². The van der Waals surface area contributed by atoms with E-state index in [1.807, 2.05) is 0 Å². The lowest BCUT2D eigenvalue weighted by Crippen LogP contribution is -2.28. The summed E-state index contributed by atoms with van der Waals surface area (Å²) in [6, 6.07) is 4.56. The Kier molecular flexibility index (Phi) is 2.90. The van der Waals surface area contributed by atoms with Crippen LogP contribution in [0, 0.1) is 20.8 Å². The van der Waals surface area contributed by atoms with Crippen LogP contribution < -0.4 is 5.32 Å². The molecular weight excluding hydrogens is 220 g/mol. The van der Waals surface area contributed by atoms with E-state index in [4.69, 9.17) is 0 Å². The zero-order valence-corrected chi connectivity index (χ0v) is 11.6. The Morgan fingerprint density at radius 1 is 1.17 bits per heavy atom. The van der Waals surface area contributed by atoms with E-state index in [1.165, 1.54) is 52.7 Å². The third-order valence-electron chi connectivity index (χ3n) is 4.23. The van der Waals surface area contributed by atoms with Gasteiger partial charge in [-0.05, 0) is 62.9 Å². The van der Waals surface area contributed by atoms with Crippen LogP contribution in [0.5, 0.6) is 0 Å². The van der Waals surface area contributed by atoms with Crippen LogP contribution in [-0.2, 0) is 0 Å². The highest BCUT2D eigenvalue weighted by atomic mass is 14.9. The van der Waals surface area contributed by atoms with Crippen LogP contribution in [-0.4, -0.2) is 18.1 Å². The summed E-state index contributed by atoms with van der Waals surface area (Å²) in [7, 11) is 0. The third kappa shape index (κ3) is 1.85. The molecule has 1 atom stereocenters. The summed E-state index contributed by atoms with van der Waals surface area (Å²) in [5.74, 6) is 0.658. The van der Waals surface area contributed by atoms with E-state index in [2.05, 4.69) is 43.2 Å². The molecule has 0 saturated carbocycles. The summed E-state index contributed by atoms with van der Waals surface area (Å²) in [5.41, 5.74) is 6.95. The zero-order chi connectivity index (χ0) is 12.7. The molecule has 0 amide bonds. The number of nitrogens with one attached hydrogen (secondary N) is 2. The van der Waals surface area contributed by atoms with Crippen LogP contribution in [0.1, 0.15) is 41.1 Å². The highest BCUT2D eigenvalue weighted by Gasteiger charge is 2.20. The fourth-order valence-corrected chi connectivity index (χ4v) is 3.44. The summed E-state index contributed by atoms with van der Waals surface area (Å²) in [6.45, 7) is 8.95. The Bertz CT molecular complexity index is 574. The summed E-state index contributed by atoms with van der Waals surface area (Å²) < 4.78 is 0. The van der Waals surface area contributed by atoms with E-state index in [-0.39, 0.29) is 0 Å². The molecule has 1 aromatic carbocycles. The Morgan fingerprint density at radius 3 is 2.72 bits per heavy atom. The Hall–Kier alpha value is -1.28. The van der Waals surface area contributed by atoms with Crippen molar-refractivity contribution in [1.29, 1.82) is 0 Å². The van der Waals surface area contributed by atoms with Gasteiger partial charge in [-0.25, -0.2) is 0 Å². The molecule has 1 aliphatic rings. The largest absolute Gasteiger partial charge is 0.358 e. The second-order valence-electron chi connectivity index (χ2n) is 5.71. The number of piperidine rings is 1. The van der Waals surface area contributed by atoms with Crippen molar-refractivity contribution in [3.63, 3.8) is 0 Å². The van der Waals surface area contributed by atoms with E-state index in [1.54, 1.807) is 0 Å². The van der Waals surface area contributed by atoms with Crippen molar-refractivity contribution in [3.05, 3.63) is 34.5 Å². The normalized spacial score (nSPS) is 20.5. The quantitative estimate of drug-likeness (QED) is 0.786. The molecule has 0 bridgehead atoms. The first-order chi connectivity index (χ1) is 8.66. The van der Waals surface area contributed by atoms with Gasteiger partial charge in [0.15, 0.2) is 0 Å². The molecule has 1 aliphatic heterocycles. The van der Waals surface area contributed by atoms with Gasteiger partial charge in [0, 0.05) is 29.1 Å². The van der Waals surface area contributed by atoms with Gasteiger partial charge in [0.1, 0.15) is 0 Å². The summed E-state index contributed by atoms with van der Waals surface area (Å²) in [6.07, 6.45) is 2.59. The fraction of sp³-hybridized carbons (Fsp3) is 0.500. The Labute approximate surface area is 109 Å². The molecule has 2 N–H and O–H groups in total. The van der Waals surface area contributed by atoms with Crippen LogP contribution in [0.4, 0.5) is 0 Å². The van der Waals surface area contributed by atoms with Gasteiger partial charge in [-0.15, -0.1) is 0 Å². The lowest BCUT2D eigenvalue weighted by Gasteiger charge is -2.22. The highest BCUT2D eigenvalue weighted by molar-refractivity contribution is 5.88. The predicted molar refractivity (Wildman–Crippen MR) is 77.4 cm³/mol. The van der Waals surface area contributed by atoms with Crippen LogP contribution in [0.15, 0.2) is 12.1 Å². The molecule has 0 aliphatic carbocycles. The van der Waals surface area contributed by atoms with Crippen LogP contribution in [0.3, 0.4) is 0 Å². The molecule has 1 aromatic heterocycles. The van der Waals surface area contributed by atoms with E-state index in [0.29, 0.717) is 5.92 Å². The minimum atomic E-state index is 0.658. The van der Waals surface area contributed by atoms with Crippen molar-refractivity contribution in [2.45, 2.75) is 39.5 Å². The molecule has 1 unspecified atom stereocenters. The maximum atomic E-state index is 3.68. The van der Waals surface area contributed by atoms with Crippen molar-refractivity contribution >= 4 is 10.9 Å². The second-order valence-corrected chi connectivity index (χ2v) is 5.71. The average molecular weight is 242 g/mol. The van der Waals surface area contributed by atoms with Gasteiger partial charge >= 0.3 is 0 Å². The fourth-order valence-electron chi connectivity index (χ4n) is 3.44. The maximum Gasteiger partial charge on any atom is 0.0464 e. The number of aromatic amines is 1. The number of hydrogen-bond donors (Lipinski definition) is 2. The molecular formula is C16H22N2. The summed E-state index contributed by atoms with van der Waals surface area (Å²) >= 11 is 0. The monoisotopic (exact) mass is 242 g/mol. The average Bonchev–Trinajstić information content (AvgIpc) is 2.67. The highest BCUT2D eigenvalue weighted by Crippen LogP contribution is 2.32. The molecule has 2 heterocycles. The second kappa shape index (κ2) is 4.43. The smallest absolute Gasteiger partial charge is 0.0464 e. The van der Waals surface area contributed by atoms with E-state index in [0.717, 1.165) is 6.54 Å². The van der Waals surface area contributed by atoms with Crippen molar-refractivity contribution in [3.8, 4) is 0 Å². The lowest BCUT2D eigenvalue weighted by molar-refractivity contribution is 0.455. The van der Waals surface area contributed by atoms with E-state index >= 15 is 0 Å². The number of benzene rings is 1. The van der Waals surface area contributed by atoms with Gasteiger partial charge in [-0.1, -0.05) is 6.07 Å².